The number of aromatic nitrogens is 2. The van der Waals surface area contributed by atoms with Gasteiger partial charge in [-0.3, -0.25) is 4.79 Å². The molecule has 26 heavy (non-hydrogen) atoms. The average molecular weight is 360 g/mol. The third kappa shape index (κ3) is 3.55. The second kappa shape index (κ2) is 6.80. The molecule has 0 aliphatic heterocycles. The quantitative estimate of drug-likeness (QED) is 0.730. The molecular formula is C18H18F2N4O2. The first-order chi connectivity index (χ1) is 12.3. The number of nitrogens with one attached hydrogen (secondary N) is 1. The lowest BCUT2D eigenvalue weighted by Gasteiger charge is -2.15. The summed E-state index contributed by atoms with van der Waals surface area (Å²) >= 11 is 0. The maximum absolute atomic E-state index is 13.4. The first-order valence-electron chi connectivity index (χ1n) is 8.01. The Morgan fingerprint density at radius 3 is 2.62 bits per heavy atom. The smallest absolute Gasteiger partial charge is 0.277 e. The summed E-state index contributed by atoms with van der Waals surface area (Å²) in [5, 5.41) is 6.45. The van der Waals surface area contributed by atoms with E-state index in [9.17, 15) is 13.6 Å². The summed E-state index contributed by atoms with van der Waals surface area (Å²) in [6.07, 6.45) is 0. The van der Waals surface area contributed by atoms with Gasteiger partial charge in [0.15, 0.2) is 0 Å². The highest BCUT2D eigenvalue weighted by Gasteiger charge is 2.28. The second-order valence-corrected chi connectivity index (χ2v) is 6.11. The first kappa shape index (κ1) is 17.9. The number of nitrogens with two attached hydrogens (primary N) is 1. The van der Waals surface area contributed by atoms with Crippen LogP contribution in [0.25, 0.3) is 22.4 Å². The fraction of sp³-hybridized carbons (Fsp3) is 0.278. The van der Waals surface area contributed by atoms with E-state index in [-0.39, 0.29) is 11.3 Å². The highest BCUT2D eigenvalue weighted by Crippen LogP contribution is 2.27. The van der Waals surface area contributed by atoms with Crippen molar-refractivity contribution in [3.63, 3.8) is 0 Å². The topological polar surface area (TPSA) is 94.0 Å². The molecule has 0 saturated carbocycles. The summed E-state index contributed by atoms with van der Waals surface area (Å²) in [7, 11) is 0. The molecule has 0 spiro atoms. The van der Waals surface area contributed by atoms with Gasteiger partial charge in [0.05, 0.1) is 35.4 Å². The van der Waals surface area contributed by atoms with Crippen molar-refractivity contribution in [1.82, 2.24) is 15.5 Å². The molecule has 1 amide bonds. The van der Waals surface area contributed by atoms with E-state index < -0.39 is 24.9 Å². The molecule has 0 aliphatic carbocycles. The molecule has 3 aromatic rings. The van der Waals surface area contributed by atoms with E-state index in [1.807, 2.05) is 31.2 Å². The Labute approximate surface area is 148 Å². The summed E-state index contributed by atoms with van der Waals surface area (Å²) in [6.45, 7) is 1.91. The van der Waals surface area contributed by atoms with Gasteiger partial charge in [-0.15, -0.1) is 0 Å². The summed E-state index contributed by atoms with van der Waals surface area (Å²) in [4.78, 5) is 16.9. The van der Waals surface area contributed by atoms with Crippen LogP contribution in [-0.4, -0.2) is 35.1 Å². The first-order valence-corrected chi connectivity index (χ1v) is 8.01. The maximum Gasteiger partial charge on any atom is 0.277 e. The normalized spacial score (nSPS) is 11.7. The minimum Gasteiger partial charge on any atom is -0.346 e. The summed E-state index contributed by atoms with van der Waals surface area (Å²) in [6, 6.07) is 9.09. The third-order valence-corrected chi connectivity index (χ3v) is 4.02. The summed E-state index contributed by atoms with van der Waals surface area (Å²) in [5.41, 5.74) is 8.16. The number of halogens is 2. The van der Waals surface area contributed by atoms with Crippen LogP contribution in [0.1, 0.15) is 21.6 Å². The predicted octanol–water partition coefficient (Wildman–Crippen LogP) is 2.83. The molecule has 0 atom stereocenters. The molecule has 2 aromatic heterocycles. The molecule has 0 bridgehead atoms. The second-order valence-electron chi connectivity index (χ2n) is 6.11. The Morgan fingerprint density at radius 2 is 1.96 bits per heavy atom. The van der Waals surface area contributed by atoms with Crippen molar-refractivity contribution in [2.45, 2.75) is 19.8 Å². The number of carbonyl (C=O) groups is 1. The number of fused-ring (bicyclic) bond motifs is 1. The highest BCUT2D eigenvalue weighted by atomic mass is 19.3. The van der Waals surface area contributed by atoms with Crippen LogP contribution in [0.5, 0.6) is 0 Å². The zero-order valence-corrected chi connectivity index (χ0v) is 14.3. The molecule has 0 unspecified atom stereocenters. The van der Waals surface area contributed by atoms with Gasteiger partial charge in [0, 0.05) is 5.56 Å². The van der Waals surface area contributed by atoms with Crippen molar-refractivity contribution in [3.05, 3.63) is 47.2 Å². The van der Waals surface area contributed by atoms with Crippen LogP contribution < -0.4 is 11.1 Å². The Morgan fingerprint density at radius 1 is 1.27 bits per heavy atom. The molecule has 0 radical (unpaired) electrons. The number of aryl methyl sites for hydroxylation is 2. The minimum atomic E-state index is -3.18. The molecule has 1 aromatic carbocycles. The van der Waals surface area contributed by atoms with E-state index in [2.05, 4.69) is 15.5 Å². The fourth-order valence-corrected chi connectivity index (χ4v) is 2.52. The maximum atomic E-state index is 13.4. The Hall–Kier alpha value is -2.87. The fourth-order valence-electron chi connectivity index (χ4n) is 2.52. The van der Waals surface area contributed by atoms with E-state index in [0.29, 0.717) is 16.8 Å². The van der Waals surface area contributed by atoms with Crippen molar-refractivity contribution in [2.75, 3.05) is 13.1 Å². The Kier molecular flexibility index (Phi) is 4.69. The molecule has 0 saturated heterocycles. The Bertz CT molecular complexity index is 952. The lowest BCUT2D eigenvalue weighted by atomic mass is 10.0. The molecule has 3 N–H and O–H groups in total. The lowest BCUT2D eigenvalue weighted by molar-refractivity contribution is 0.0119. The van der Waals surface area contributed by atoms with Crippen molar-refractivity contribution in [1.29, 1.82) is 0 Å². The summed E-state index contributed by atoms with van der Waals surface area (Å²) < 4.78 is 31.9. The molecule has 0 fully saturated rings. The van der Waals surface area contributed by atoms with Crippen molar-refractivity contribution < 1.29 is 18.1 Å². The van der Waals surface area contributed by atoms with Gasteiger partial charge in [-0.25, -0.2) is 13.8 Å². The van der Waals surface area contributed by atoms with Crippen LogP contribution in [0.15, 0.2) is 34.9 Å². The minimum absolute atomic E-state index is 0.177. The number of pyridine rings is 1. The molecular weight excluding hydrogens is 342 g/mol. The van der Waals surface area contributed by atoms with Crippen molar-refractivity contribution in [3.8, 4) is 11.3 Å². The summed E-state index contributed by atoms with van der Waals surface area (Å²) in [5.74, 6) is -3.84. The zero-order chi connectivity index (χ0) is 18.9. The number of benzene rings is 1. The van der Waals surface area contributed by atoms with E-state index >= 15 is 0 Å². The van der Waals surface area contributed by atoms with Gasteiger partial charge in [0.2, 0.25) is 0 Å². The van der Waals surface area contributed by atoms with Gasteiger partial charge in [-0.05, 0) is 19.9 Å². The van der Waals surface area contributed by atoms with E-state index in [1.165, 1.54) is 0 Å². The van der Waals surface area contributed by atoms with Crippen molar-refractivity contribution >= 4 is 17.0 Å². The zero-order valence-electron chi connectivity index (χ0n) is 14.3. The van der Waals surface area contributed by atoms with E-state index in [0.717, 1.165) is 11.1 Å². The number of hydrogen-bond donors (Lipinski definition) is 2. The SMILES string of the molecule is Cc1ccc(-c2cc(C(=O)NCC(F)(F)CN)c3c(C)noc3n2)cc1. The standard InChI is InChI=1S/C18H18F2N4O2/c1-10-3-5-12(6-4-10)14-7-13(15-11(2)24-26-17(15)23-14)16(25)22-9-18(19,20)8-21/h3-7H,8-9,21H2,1-2H3,(H,22,25). The molecule has 2 heterocycles. The monoisotopic (exact) mass is 360 g/mol. The van der Waals surface area contributed by atoms with Gasteiger partial charge in [-0.1, -0.05) is 35.0 Å². The van der Waals surface area contributed by atoms with Crippen LogP contribution >= 0.6 is 0 Å². The van der Waals surface area contributed by atoms with Gasteiger partial charge in [-0.2, -0.15) is 0 Å². The number of nitrogens with zero attached hydrogens (tertiary/aromatic N) is 2. The van der Waals surface area contributed by atoms with Gasteiger partial charge < -0.3 is 15.6 Å². The number of rotatable bonds is 5. The van der Waals surface area contributed by atoms with Crippen LogP contribution in [-0.2, 0) is 0 Å². The number of alkyl halides is 2. The van der Waals surface area contributed by atoms with Crippen LogP contribution in [0, 0.1) is 13.8 Å². The number of amides is 1. The van der Waals surface area contributed by atoms with Gasteiger partial charge in [0.1, 0.15) is 0 Å². The van der Waals surface area contributed by atoms with Gasteiger partial charge >= 0.3 is 0 Å². The van der Waals surface area contributed by atoms with Crippen LogP contribution in [0.4, 0.5) is 8.78 Å². The third-order valence-electron chi connectivity index (χ3n) is 4.02. The van der Waals surface area contributed by atoms with Gasteiger partial charge in [0.25, 0.3) is 17.5 Å². The number of hydrogen-bond acceptors (Lipinski definition) is 5. The molecule has 6 nitrogen and oxygen atoms in total. The van der Waals surface area contributed by atoms with Crippen LogP contribution in [0.2, 0.25) is 0 Å². The largest absolute Gasteiger partial charge is 0.346 e. The highest BCUT2D eigenvalue weighted by molar-refractivity contribution is 6.07. The molecule has 136 valence electrons. The van der Waals surface area contributed by atoms with E-state index in [1.54, 1.807) is 13.0 Å². The van der Waals surface area contributed by atoms with E-state index in [4.69, 9.17) is 10.3 Å². The average Bonchev–Trinajstić information content (AvgIpc) is 3.01. The lowest BCUT2D eigenvalue weighted by Crippen LogP contribution is -2.41. The number of carbonyl (C=O) groups excluding carboxylic acids is 1. The van der Waals surface area contributed by atoms with Crippen molar-refractivity contribution in [2.24, 2.45) is 5.73 Å². The molecule has 8 heteroatoms. The predicted molar refractivity (Wildman–Crippen MR) is 93.0 cm³/mol. The molecule has 3 rings (SSSR count). The molecule has 0 aliphatic rings. The Balaban J connectivity index is 2.03. The van der Waals surface area contributed by atoms with Crippen LogP contribution in [0.3, 0.4) is 0 Å².